The van der Waals surface area contributed by atoms with E-state index < -0.39 is 32.5 Å². The van der Waals surface area contributed by atoms with Gasteiger partial charge in [0.25, 0.3) is 10.0 Å². The zero-order valence-electron chi connectivity index (χ0n) is 16.4. The van der Waals surface area contributed by atoms with Crippen molar-refractivity contribution in [1.82, 2.24) is 14.5 Å². The molecule has 0 aliphatic carbocycles. The van der Waals surface area contributed by atoms with Crippen molar-refractivity contribution in [3.8, 4) is 11.1 Å². The van der Waals surface area contributed by atoms with Gasteiger partial charge in [0, 0.05) is 24.4 Å². The van der Waals surface area contributed by atoms with Crippen LogP contribution in [0.1, 0.15) is 5.56 Å². The third-order valence-corrected chi connectivity index (χ3v) is 6.19. The second-order valence-electron chi connectivity index (χ2n) is 6.91. The van der Waals surface area contributed by atoms with Gasteiger partial charge in [-0.15, -0.1) is 0 Å². The lowest BCUT2D eigenvalue weighted by molar-refractivity contribution is -0.137. The number of halogens is 4. The van der Waals surface area contributed by atoms with Crippen molar-refractivity contribution in [2.24, 2.45) is 7.05 Å². The lowest BCUT2D eigenvalue weighted by Gasteiger charge is -2.12. The fraction of sp³-hybridized carbons (Fsp3) is 0.100. The minimum absolute atomic E-state index is 0.0460. The molecule has 4 rings (SSSR count). The fourth-order valence-corrected chi connectivity index (χ4v) is 4.34. The number of benzene rings is 2. The van der Waals surface area contributed by atoms with Crippen molar-refractivity contribution in [1.29, 1.82) is 0 Å². The minimum Gasteiger partial charge on any atom is -0.383 e. The third-order valence-electron chi connectivity index (χ3n) is 4.81. The Morgan fingerprint density at radius 3 is 2.38 bits per heavy atom. The molecule has 7 nitrogen and oxygen atoms in total. The Hall–Kier alpha value is -3.67. The van der Waals surface area contributed by atoms with E-state index in [1.807, 2.05) is 0 Å². The molecule has 0 bridgehead atoms. The number of hydrogen-bond donors (Lipinski definition) is 2. The fourth-order valence-electron chi connectivity index (χ4n) is 3.28. The molecule has 32 heavy (non-hydrogen) atoms. The molecule has 4 aromatic rings. The monoisotopic (exact) mass is 465 g/mol. The van der Waals surface area contributed by atoms with Gasteiger partial charge >= 0.3 is 6.18 Å². The third kappa shape index (κ3) is 3.73. The van der Waals surface area contributed by atoms with Crippen LogP contribution in [0.25, 0.3) is 22.2 Å². The first-order valence-corrected chi connectivity index (χ1v) is 10.5. The second kappa shape index (κ2) is 7.48. The Morgan fingerprint density at radius 1 is 1.03 bits per heavy atom. The number of nitrogens with two attached hydrogens (primary N) is 1. The SMILES string of the molecule is Cn1cc(-c2cccc(NS(=O)(=O)c3ccc(C(F)(F)F)cc3)c2F)c2c(N)ncnc21. The van der Waals surface area contributed by atoms with Gasteiger partial charge in [0.2, 0.25) is 0 Å². The Kier molecular flexibility index (Phi) is 5.04. The van der Waals surface area contributed by atoms with Gasteiger partial charge in [-0.2, -0.15) is 13.2 Å². The molecule has 2 aromatic heterocycles. The molecule has 0 aliphatic heterocycles. The van der Waals surface area contributed by atoms with E-state index in [2.05, 4.69) is 14.7 Å². The number of rotatable bonds is 4. The van der Waals surface area contributed by atoms with E-state index in [9.17, 15) is 21.6 Å². The molecule has 0 radical (unpaired) electrons. The van der Waals surface area contributed by atoms with Crippen LogP contribution >= 0.6 is 0 Å². The van der Waals surface area contributed by atoms with Crippen LogP contribution in [-0.2, 0) is 23.2 Å². The summed E-state index contributed by atoms with van der Waals surface area (Å²) in [7, 11) is -2.67. The molecule has 0 fully saturated rings. The summed E-state index contributed by atoms with van der Waals surface area (Å²) in [4.78, 5) is 7.60. The molecule has 2 heterocycles. The zero-order chi connectivity index (χ0) is 23.3. The summed E-state index contributed by atoms with van der Waals surface area (Å²) in [6.07, 6.45) is -1.76. The van der Waals surface area contributed by atoms with Crippen molar-refractivity contribution in [3.05, 3.63) is 66.4 Å². The Labute approximate surface area is 179 Å². The predicted octanol–water partition coefficient (Wildman–Crippen LogP) is 4.18. The van der Waals surface area contributed by atoms with Crippen LogP contribution in [0.5, 0.6) is 0 Å². The highest BCUT2D eigenvalue weighted by Crippen LogP contribution is 2.36. The van der Waals surface area contributed by atoms with Crippen molar-refractivity contribution < 1.29 is 26.0 Å². The summed E-state index contributed by atoms with van der Waals surface area (Å²) >= 11 is 0. The van der Waals surface area contributed by atoms with Crippen molar-refractivity contribution in [3.63, 3.8) is 0 Å². The lowest BCUT2D eigenvalue weighted by atomic mass is 10.0. The first-order valence-electron chi connectivity index (χ1n) is 9.03. The van der Waals surface area contributed by atoms with Gasteiger partial charge in [-0.05, 0) is 30.3 Å². The number of hydrogen-bond acceptors (Lipinski definition) is 5. The van der Waals surface area contributed by atoms with Gasteiger partial charge in [-0.1, -0.05) is 12.1 Å². The summed E-state index contributed by atoms with van der Waals surface area (Å²) in [5.41, 5.74) is 5.42. The zero-order valence-corrected chi connectivity index (χ0v) is 17.2. The summed E-state index contributed by atoms with van der Waals surface area (Å²) in [6, 6.07) is 6.95. The number of nitrogens with one attached hydrogen (secondary N) is 1. The maximum absolute atomic E-state index is 15.3. The van der Waals surface area contributed by atoms with Gasteiger partial charge in [-0.25, -0.2) is 22.8 Å². The molecule has 0 saturated carbocycles. The van der Waals surface area contributed by atoms with Crippen LogP contribution in [0.3, 0.4) is 0 Å². The predicted molar refractivity (Wildman–Crippen MR) is 111 cm³/mol. The highest BCUT2D eigenvalue weighted by Gasteiger charge is 2.31. The highest BCUT2D eigenvalue weighted by molar-refractivity contribution is 7.92. The van der Waals surface area contributed by atoms with E-state index in [4.69, 9.17) is 5.73 Å². The molecule has 12 heteroatoms. The largest absolute Gasteiger partial charge is 0.416 e. The molecule has 0 unspecified atom stereocenters. The Morgan fingerprint density at radius 2 is 1.72 bits per heavy atom. The molecule has 0 aliphatic rings. The average molecular weight is 465 g/mol. The number of fused-ring (bicyclic) bond motifs is 1. The van der Waals surface area contributed by atoms with Crippen LogP contribution in [-0.4, -0.2) is 23.0 Å². The molecule has 3 N–H and O–H groups in total. The number of alkyl halides is 3. The summed E-state index contributed by atoms with van der Waals surface area (Å²) in [5.74, 6) is -0.764. The first kappa shape index (κ1) is 21.6. The van der Waals surface area contributed by atoms with Gasteiger partial charge in [0.1, 0.15) is 17.8 Å². The number of nitrogen functional groups attached to an aromatic ring is 1. The van der Waals surface area contributed by atoms with Crippen LogP contribution in [0, 0.1) is 5.82 Å². The normalized spacial score (nSPS) is 12.3. The number of sulfonamides is 1. The van der Waals surface area contributed by atoms with Crippen LogP contribution < -0.4 is 10.5 Å². The lowest BCUT2D eigenvalue weighted by Crippen LogP contribution is -2.15. The van der Waals surface area contributed by atoms with Gasteiger partial charge < -0.3 is 10.3 Å². The maximum Gasteiger partial charge on any atom is 0.416 e. The molecule has 0 saturated heterocycles. The topological polar surface area (TPSA) is 103 Å². The van der Waals surface area contributed by atoms with E-state index in [0.717, 1.165) is 12.1 Å². The Balaban J connectivity index is 1.74. The molecule has 166 valence electrons. The highest BCUT2D eigenvalue weighted by atomic mass is 32.2. The first-order chi connectivity index (χ1) is 15.0. The maximum atomic E-state index is 15.3. The van der Waals surface area contributed by atoms with Crippen molar-refractivity contribution >= 4 is 32.6 Å². The van der Waals surface area contributed by atoms with Crippen LogP contribution in [0.4, 0.5) is 29.1 Å². The van der Waals surface area contributed by atoms with Crippen molar-refractivity contribution in [2.45, 2.75) is 11.1 Å². The van der Waals surface area contributed by atoms with E-state index >= 15 is 4.39 Å². The molecule has 0 atom stereocenters. The van der Waals surface area contributed by atoms with E-state index in [1.165, 1.54) is 24.5 Å². The van der Waals surface area contributed by atoms with Gasteiger partial charge in [0.05, 0.1) is 21.5 Å². The van der Waals surface area contributed by atoms with Crippen LogP contribution in [0.2, 0.25) is 0 Å². The summed E-state index contributed by atoms with van der Waals surface area (Å²) in [6.45, 7) is 0. The second-order valence-corrected chi connectivity index (χ2v) is 8.59. The standard InChI is InChI=1S/C20H15F4N5O2S/c1-29-9-14(16-18(25)26-10-27-19(16)29)13-3-2-4-15(17(13)21)28-32(30,31)12-7-5-11(6-8-12)20(22,23)24/h2-10,28H,1H3,(H2,25,26,27). The van der Waals surface area contributed by atoms with Crippen molar-refractivity contribution in [2.75, 3.05) is 10.5 Å². The number of anilines is 2. The molecule has 2 aromatic carbocycles. The number of nitrogens with zero attached hydrogens (tertiary/aromatic N) is 3. The Bertz CT molecular complexity index is 1430. The average Bonchev–Trinajstić information content (AvgIpc) is 3.07. The van der Waals surface area contributed by atoms with E-state index in [0.29, 0.717) is 28.7 Å². The van der Waals surface area contributed by atoms with Gasteiger partial charge in [-0.3, -0.25) is 4.72 Å². The molecule has 0 amide bonds. The van der Waals surface area contributed by atoms with Crippen LogP contribution in [0.15, 0.2) is 59.9 Å². The molecular formula is C20H15F4N5O2S. The smallest absolute Gasteiger partial charge is 0.383 e. The molecule has 0 spiro atoms. The number of aromatic nitrogens is 3. The summed E-state index contributed by atoms with van der Waals surface area (Å²) < 4.78 is 82.5. The quantitative estimate of drug-likeness (QED) is 0.440. The van der Waals surface area contributed by atoms with Gasteiger partial charge in [0.15, 0.2) is 5.82 Å². The van der Waals surface area contributed by atoms with E-state index in [1.54, 1.807) is 17.8 Å². The van der Waals surface area contributed by atoms with E-state index in [-0.39, 0.29) is 17.1 Å². The number of aryl methyl sites for hydroxylation is 1. The minimum atomic E-state index is -4.61. The molecular weight excluding hydrogens is 450 g/mol. The summed E-state index contributed by atoms with van der Waals surface area (Å²) in [5, 5.41) is 0.400.